The summed E-state index contributed by atoms with van der Waals surface area (Å²) in [6.07, 6.45) is 12.8. The third kappa shape index (κ3) is 2.38. The zero-order valence-electron chi connectivity index (χ0n) is 16.6. The lowest BCUT2D eigenvalue weighted by atomic mass is 9.47. The first-order chi connectivity index (χ1) is 12.2. The molecule has 4 aliphatic rings. The lowest BCUT2D eigenvalue weighted by Crippen LogP contribution is -2.54. The van der Waals surface area contributed by atoms with Crippen LogP contribution in [-0.4, -0.2) is 22.8 Å². The van der Waals surface area contributed by atoms with Crippen molar-refractivity contribution in [1.29, 1.82) is 0 Å². The Hall–Kier alpha value is -1.09. The van der Waals surface area contributed by atoms with Gasteiger partial charge in [-0.3, -0.25) is 4.79 Å². The van der Waals surface area contributed by atoms with E-state index in [1.54, 1.807) is 0 Å². The Morgan fingerprint density at radius 1 is 1.23 bits per heavy atom. The Bertz CT molecular complexity index is 652. The number of carbonyl (C=O) groups excluding carboxylic acids is 1. The van der Waals surface area contributed by atoms with Gasteiger partial charge in [-0.1, -0.05) is 31.6 Å². The van der Waals surface area contributed by atoms with Crippen molar-refractivity contribution >= 4 is 5.97 Å². The molecule has 7 atom stereocenters. The lowest BCUT2D eigenvalue weighted by molar-refractivity contribution is -0.149. The van der Waals surface area contributed by atoms with Crippen molar-refractivity contribution in [3.05, 3.63) is 24.3 Å². The summed E-state index contributed by atoms with van der Waals surface area (Å²) in [4.78, 5) is 11.4. The third-order valence-corrected chi connectivity index (χ3v) is 8.94. The van der Waals surface area contributed by atoms with Gasteiger partial charge in [-0.05, 0) is 68.1 Å². The van der Waals surface area contributed by atoms with Crippen LogP contribution in [0.1, 0.15) is 72.1 Å². The van der Waals surface area contributed by atoms with E-state index in [0.29, 0.717) is 17.8 Å². The van der Waals surface area contributed by atoms with Gasteiger partial charge in [-0.2, -0.15) is 0 Å². The summed E-state index contributed by atoms with van der Waals surface area (Å²) in [6, 6.07) is 0. The molecule has 0 aliphatic heterocycles. The molecule has 0 radical (unpaired) electrons. The maximum atomic E-state index is 11.4. The number of hydrogen-bond acceptors (Lipinski definition) is 3. The highest BCUT2D eigenvalue weighted by atomic mass is 16.5. The second-order valence-corrected chi connectivity index (χ2v) is 9.86. The number of esters is 1. The van der Waals surface area contributed by atoms with E-state index in [1.807, 2.05) is 6.08 Å². The topological polar surface area (TPSA) is 46.5 Å². The predicted octanol–water partition coefficient (Wildman–Crippen LogP) is 4.80. The van der Waals surface area contributed by atoms with Crippen LogP contribution in [0.3, 0.4) is 0 Å². The van der Waals surface area contributed by atoms with Crippen molar-refractivity contribution in [2.45, 2.75) is 83.8 Å². The first-order valence-corrected chi connectivity index (χ1v) is 10.5. The number of hydrogen-bond donors (Lipinski definition) is 1. The van der Waals surface area contributed by atoms with Crippen LogP contribution in [0.2, 0.25) is 0 Å². The molecule has 144 valence electrons. The molecule has 0 unspecified atom stereocenters. The van der Waals surface area contributed by atoms with Crippen molar-refractivity contribution in [1.82, 2.24) is 0 Å². The summed E-state index contributed by atoms with van der Waals surface area (Å²) in [6.45, 7) is 10.2. The molecule has 4 rings (SSSR count). The quantitative estimate of drug-likeness (QED) is 0.570. The highest BCUT2D eigenvalue weighted by Crippen LogP contribution is 2.67. The summed E-state index contributed by atoms with van der Waals surface area (Å²) < 4.78 is 5.52. The summed E-state index contributed by atoms with van der Waals surface area (Å²) in [5.74, 6) is 1.80. The van der Waals surface area contributed by atoms with E-state index >= 15 is 0 Å². The molecule has 4 aliphatic carbocycles. The number of carbonyl (C=O) groups is 1. The number of ether oxygens (including phenoxy) is 1. The summed E-state index contributed by atoms with van der Waals surface area (Å²) in [7, 11) is 0. The van der Waals surface area contributed by atoms with Crippen molar-refractivity contribution in [2.75, 3.05) is 0 Å². The van der Waals surface area contributed by atoms with Gasteiger partial charge >= 0.3 is 5.97 Å². The first-order valence-electron chi connectivity index (χ1n) is 10.5. The monoisotopic (exact) mass is 358 g/mol. The highest BCUT2D eigenvalue weighted by Gasteiger charge is 2.62. The van der Waals surface area contributed by atoms with Gasteiger partial charge in [0.15, 0.2) is 0 Å². The van der Waals surface area contributed by atoms with E-state index in [1.165, 1.54) is 18.9 Å². The van der Waals surface area contributed by atoms with Crippen molar-refractivity contribution in [2.24, 2.45) is 28.6 Å². The summed E-state index contributed by atoms with van der Waals surface area (Å²) >= 11 is 0. The van der Waals surface area contributed by atoms with Crippen LogP contribution in [0.25, 0.3) is 0 Å². The third-order valence-electron chi connectivity index (χ3n) is 8.94. The summed E-state index contributed by atoms with van der Waals surface area (Å²) in [5.41, 5.74) is 1.06. The van der Waals surface area contributed by atoms with Crippen LogP contribution < -0.4 is 0 Å². The van der Waals surface area contributed by atoms with Crippen LogP contribution in [-0.2, 0) is 9.53 Å². The SMILES string of the molecule is C=C[C@]1(O)CC[C@@H]2[C@H]3CC=C4C[C@H](OC(C)=O)CC[C@]4(C)[C@@H]3CC[C@@]21C. The van der Waals surface area contributed by atoms with E-state index in [2.05, 4.69) is 26.5 Å². The highest BCUT2D eigenvalue weighted by molar-refractivity contribution is 5.66. The van der Waals surface area contributed by atoms with Gasteiger partial charge in [0.1, 0.15) is 6.10 Å². The lowest BCUT2D eigenvalue weighted by Gasteiger charge is -2.58. The van der Waals surface area contributed by atoms with Crippen LogP contribution >= 0.6 is 0 Å². The largest absolute Gasteiger partial charge is 0.462 e. The molecule has 26 heavy (non-hydrogen) atoms. The van der Waals surface area contributed by atoms with Gasteiger partial charge < -0.3 is 9.84 Å². The summed E-state index contributed by atoms with van der Waals surface area (Å²) in [5, 5.41) is 11.2. The van der Waals surface area contributed by atoms with Crippen LogP contribution in [0.5, 0.6) is 0 Å². The number of rotatable bonds is 2. The molecule has 0 aromatic rings. The Morgan fingerprint density at radius 3 is 2.65 bits per heavy atom. The van der Waals surface area contributed by atoms with Gasteiger partial charge in [0.05, 0.1) is 5.60 Å². The second kappa shape index (κ2) is 5.95. The first kappa shape index (κ1) is 18.3. The predicted molar refractivity (Wildman–Crippen MR) is 102 cm³/mol. The Balaban J connectivity index is 1.61. The van der Waals surface area contributed by atoms with Gasteiger partial charge in [0.25, 0.3) is 0 Å². The van der Waals surface area contributed by atoms with Gasteiger partial charge in [-0.15, -0.1) is 6.58 Å². The number of aliphatic hydroxyl groups is 1. The van der Waals surface area contributed by atoms with E-state index in [4.69, 9.17) is 4.74 Å². The van der Waals surface area contributed by atoms with Crippen molar-refractivity contribution < 1.29 is 14.6 Å². The van der Waals surface area contributed by atoms with E-state index < -0.39 is 5.60 Å². The smallest absolute Gasteiger partial charge is 0.302 e. The molecular formula is C23H34O3. The van der Waals surface area contributed by atoms with E-state index in [0.717, 1.165) is 44.9 Å². The van der Waals surface area contributed by atoms with Crippen molar-refractivity contribution in [3.8, 4) is 0 Å². The van der Waals surface area contributed by atoms with Crippen LogP contribution in [0.15, 0.2) is 24.3 Å². The zero-order chi connectivity index (χ0) is 18.7. The van der Waals surface area contributed by atoms with Crippen LogP contribution in [0, 0.1) is 28.6 Å². The van der Waals surface area contributed by atoms with E-state index in [9.17, 15) is 9.90 Å². The van der Waals surface area contributed by atoms with Gasteiger partial charge in [0, 0.05) is 18.8 Å². The fourth-order valence-electron chi connectivity index (χ4n) is 7.35. The molecule has 3 nitrogen and oxygen atoms in total. The molecule has 0 saturated heterocycles. The molecule has 3 heteroatoms. The average molecular weight is 359 g/mol. The van der Waals surface area contributed by atoms with Gasteiger partial charge in [0.2, 0.25) is 0 Å². The minimum atomic E-state index is -0.694. The van der Waals surface area contributed by atoms with Gasteiger partial charge in [-0.25, -0.2) is 0 Å². The maximum Gasteiger partial charge on any atom is 0.302 e. The molecular weight excluding hydrogens is 324 g/mol. The molecule has 0 bridgehead atoms. The molecule has 0 aromatic heterocycles. The normalized spacial score (nSPS) is 50.1. The number of allylic oxidation sites excluding steroid dienone is 1. The molecule has 1 N–H and O–H groups in total. The fraction of sp³-hybridized carbons (Fsp3) is 0.783. The Kier molecular flexibility index (Phi) is 4.19. The molecule has 3 saturated carbocycles. The zero-order valence-corrected chi connectivity index (χ0v) is 16.6. The second-order valence-electron chi connectivity index (χ2n) is 9.86. The molecule has 0 spiro atoms. The maximum absolute atomic E-state index is 11.4. The molecule has 0 aromatic carbocycles. The van der Waals surface area contributed by atoms with Crippen molar-refractivity contribution in [3.63, 3.8) is 0 Å². The minimum Gasteiger partial charge on any atom is -0.462 e. The standard InChI is InChI=1S/C23H34O3/c1-5-23(25)13-10-20-18-7-6-16-14-17(26-15(2)24)8-11-21(16,3)19(18)9-12-22(20,23)4/h5-6,17-20,25H,1,7-14H2,2-4H3/t17-,18+,19-,20-,21+,22+,23+/m1/s1. The van der Waals surface area contributed by atoms with Crippen LogP contribution in [0.4, 0.5) is 0 Å². The molecule has 0 amide bonds. The fourth-order valence-corrected chi connectivity index (χ4v) is 7.35. The number of fused-ring (bicyclic) bond motifs is 5. The molecule has 3 fully saturated rings. The Morgan fingerprint density at radius 2 is 1.96 bits per heavy atom. The molecule has 0 heterocycles. The Labute approximate surface area is 157 Å². The van der Waals surface area contributed by atoms with E-state index in [-0.39, 0.29) is 22.9 Å². The average Bonchev–Trinajstić information content (AvgIpc) is 2.87. The minimum absolute atomic E-state index is 0.0213.